The Bertz CT molecular complexity index is 2560. The molecule has 13 heteroatoms. The number of piperidine rings is 3. The number of phenolic OH excluding ortho intramolecular Hbond substituents is 1. The van der Waals surface area contributed by atoms with Gasteiger partial charge in [-0.2, -0.15) is 0 Å². The molecule has 9 rings (SSSR count). The van der Waals surface area contributed by atoms with Gasteiger partial charge in [-0.15, -0.1) is 0 Å². The van der Waals surface area contributed by atoms with Crippen LogP contribution < -0.4 is 20.9 Å². The Morgan fingerprint density at radius 1 is 0.855 bits per heavy atom. The maximum atomic E-state index is 15.0. The van der Waals surface area contributed by atoms with E-state index in [0.717, 1.165) is 54.7 Å². The quantitative estimate of drug-likeness (QED) is 0.0503. The van der Waals surface area contributed by atoms with Gasteiger partial charge in [0, 0.05) is 30.1 Å². The molecule has 5 aromatic carbocycles. The number of aromatic hydroxyl groups is 1. The van der Waals surface area contributed by atoms with Crippen LogP contribution in [-0.4, -0.2) is 71.0 Å². The highest BCUT2D eigenvalue weighted by Crippen LogP contribution is 2.32. The highest BCUT2D eigenvalue weighted by molar-refractivity contribution is 5.89. The number of pyridine rings is 1. The molecule has 0 spiro atoms. The number of phenols is 1. The molecule has 1 aromatic heterocycles. The topological polar surface area (TPSA) is 162 Å². The lowest BCUT2D eigenvalue weighted by Gasteiger charge is -2.43. The third kappa shape index (κ3) is 10.3. The number of nitrogens with one attached hydrogen (secondary N) is 3. The van der Waals surface area contributed by atoms with E-state index in [1.807, 2.05) is 54.6 Å². The van der Waals surface area contributed by atoms with Crippen LogP contribution in [0.15, 0.2) is 126 Å². The molecule has 3 aliphatic rings. The zero-order chi connectivity index (χ0) is 43.0. The van der Waals surface area contributed by atoms with E-state index in [4.69, 9.17) is 14.2 Å². The summed E-state index contributed by atoms with van der Waals surface area (Å²) in [4.78, 5) is 42.8. The second-order valence-corrected chi connectivity index (χ2v) is 15.9. The van der Waals surface area contributed by atoms with Gasteiger partial charge in [-0.3, -0.25) is 9.69 Å². The van der Waals surface area contributed by atoms with Gasteiger partial charge in [0.05, 0.1) is 23.2 Å². The first-order chi connectivity index (χ1) is 30.2. The van der Waals surface area contributed by atoms with Gasteiger partial charge in [0.25, 0.3) is 0 Å². The number of nitrogens with zero attached hydrogens (tertiary/aromatic N) is 1. The number of fused-ring (bicyclic) bond motifs is 4. The summed E-state index contributed by atoms with van der Waals surface area (Å²) in [5.74, 6) is -0.147. The minimum atomic E-state index is -0.910. The first kappa shape index (κ1) is 42.2. The Kier molecular flexibility index (Phi) is 13.2. The molecule has 3 saturated heterocycles. The van der Waals surface area contributed by atoms with Crippen molar-refractivity contribution in [3.8, 4) is 11.5 Å². The second kappa shape index (κ2) is 19.4. The van der Waals surface area contributed by atoms with Crippen LogP contribution in [0.5, 0.6) is 11.5 Å². The molecule has 12 nitrogen and oxygen atoms in total. The molecule has 3 fully saturated rings. The number of aromatic amines is 1. The van der Waals surface area contributed by atoms with Gasteiger partial charge in [-0.05, 0) is 115 Å². The van der Waals surface area contributed by atoms with Gasteiger partial charge in [0.2, 0.25) is 5.56 Å². The summed E-state index contributed by atoms with van der Waals surface area (Å²) in [6.45, 7) is 3.56. The first-order valence-electron chi connectivity index (χ1n) is 20.9. The Morgan fingerprint density at radius 3 is 2.39 bits per heavy atom. The summed E-state index contributed by atoms with van der Waals surface area (Å²) in [7, 11) is 0. The standard InChI is InChI=1S/C49H49FN4O8/c50-41-25-31(19-22-51-27-43(56)39-15-17-42(55)47-40(39)16-18-45(57)52-47)9-14-37(41)30-61-48(58)35-12-10-32(11-13-35)29-60-38-8-4-7-36(26-38)46(34-5-2-1-3-6-34)53-49(59)62-44-28-54-23-20-33(44)21-24-54/h1-18,25-26,33,43-44,46,51,55-56H,19-24,27-30H2,(H,52,57)(H,53,59). The van der Waals surface area contributed by atoms with Gasteiger partial charge < -0.3 is 40.0 Å². The maximum absolute atomic E-state index is 15.0. The highest BCUT2D eigenvalue weighted by Gasteiger charge is 2.37. The lowest BCUT2D eigenvalue weighted by atomic mass is 9.86. The number of benzene rings is 5. The van der Waals surface area contributed by atoms with Crippen LogP contribution in [-0.2, 0) is 29.1 Å². The summed E-state index contributed by atoms with van der Waals surface area (Å²) in [6.07, 6.45) is 1.13. The zero-order valence-corrected chi connectivity index (χ0v) is 34.1. The maximum Gasteiger partial charge on any atom is 0.408 e. The van der Waals surface area contributed by atoms with Crippen molar-refractivity contribution in [2.24, 2.45) is 5.92 Å². The Balaban J connectivity index is 0.797. The number of halogens is 1. The number of amides is 1. The van der Waals surface area contributed by atoms with Gasteiger partial charge in [-0.1, -0.05) is 72.8 Å². The molecule has 3 aliphatic heterocycles. The Morgan fingerprint density at radius 2 is 1.63 bits per heavy atom. The second-order valence-electron chi connectivity index (χ2n) is 15.9. The van der Waals surface area contributed by atoms with Crippen molar-refractivity contribution in [2.45, 2.75) is 50.7 Å². The van der Waals surface area contributed by atoms with Crippen molar-refractivity contribution in [1.82, 2.24) is 20.5 Å². The fourth-order valence-electron chi connectivity index (χ4n) is 8.25. The number of aromatic nitrogens is 1. The third-order valence-corrected chi connectivity index (χ3v) is 11.7. The van der Waals surface area contributed by atoms with E-state index in [0.29, 0.717) is 41.1 Å². The predicted molar refractivity (Wildman–Crippen MR) is 231 cm³/mol. The molecule has 62 heavy (non-hydrogen) atoms. The molecule has 3 unspecified atom stereocenters. The summed E-state index contributed by atoms with van der Waals surface area (Å²) in [5.41, 5.74) is 4.32. The number of esters is 1. The molecule has 3 atom stereocenters. The van der Waals surface area contributed by atoms with Crippen molar-refractivity contribution in [3.63, 3.8) is 0 Å². The van der Waals surface area contributed by atoms with Crippen LogP contribution in [0.1, 0.15) is 68.7 Å². The van der Waals surface area contributed by atoms with E-state index in [2.05, 4.69) is 20.5 Å². The molecular weight excluding hydrogens is 792 g/mol. The van der Waals surface area contributed by atoms with Crippen molar-refractivity contribution in [3.05, 3.63) is 176 Å². The number of aliphatic hydroxyl groups excluding tert-OH is 1. The monoisotopic (exact) mass is 840 g/mol. The van der Waals surface area contributed by atoms with Crippen LogP contribution in [0.3, 0.4) is 0 Å². The minimum absolute atomic E-state index is 0.0824. The minimum Gasteiger partial charge on any atom is -0.506 e. The normalized spacial score (nSPS) is 17.9. The van der Waals surface area contributed by atoms with E-state index < -0.39 is 30.0 Å². The fraction of sp³-hybridized carbons (Fsp3) is 0.286. The molecular formula is C49H49FN4O8. The van der Waals surface area contributed by atoms with Gasteiger partial charge >= 0.3 is 12.1 Å². The van der Waals surface area contributed by atoms with E-state index in [1.165, 1.54) is 18.2 Å². The average Bonchev–Trinajstić information content (AvgIpc) is 3.29. The number of hydrogen-bond acceptors (Lipinski definition) is 10. The third-order valence-electron chi connectivity index (χ3n) is 11.7. The van der Waals surface area contributed by atoms with Crippen LogP contribution in [0.2, 0.25) is 0 Å². The summed E-state index contributed by atoms with van der Waals surface area (Å²) in [5, 5.41) is 27.7. The average molecular weight is 841 g/mol. The molecule has 1 amide bonds. The number of carbonyl (C=O) groups is 2. The number of aliphatic hydroxyl groups is 1. The number of ether oxygens (including phenoxy) is 3. The molecule has 0 aliphatic carbocycles. The van der Waals surface area contributed by atoms with Crippen molar-refractivity contribution < 1.29 is 38.4 Å². The lowest BCUT2D eigenvalue weighted by molar-refractivity contribution is -0.0336. The predicted octanol–water partition coefficient (Wildman–Crippen LogP) is 7.08. The summed E-state index contributed by atoms with van der Waals surface area (Å²) >= 11 is 0. The number of rotatable bonds is 16. The SMILES string of the molecule is O=C(NC(c1ccccc1)c1cccc(OCc2ccc(C(=O)OCc3ccc(CCNCC(O)c4ccc(O)c5[nH]c(=O)ccc45)cc3F)cc2)c1)OC1CN2CCC1CC2. The van der Waals surface area contributed by atoms with E-state index in [1.54, 1.807) is 48.5 Å². The smallest absolute Gasteiger partial charge is 0.408 e. The summed E-state index contributed by atoms with van der Waals surface area (Å²) < 4.78 is 32.6. The zero-order valence-electron chi connectivity index (χ0n) is 34.1. The largest absolute Gasteiger partial charge is 0.506 e. The van der Waals surface area contributed by atoms with Crippen molar-refractivity contribution >= 4 is 23.0 Å². The summed E-state index contributed by atoms with van der Waals surface area (Å²) in [6, 6.07) is 34.4. The number of hydrogen-bond donors (Lipinski definition) is 5. The molecule has 5 N–H and O–H groups in total. The Labute approximate surface area is 358 Å². The molecule has 320 valence electrons. The van der Waals surface area contributed by atoms with E-state index in [-0.39, 0.29) is 48.3 Å². The fourth-order valence-corrected chi connectivity index (χ4v) is 8.25. The number of carbonyl (C=O) groups excluding carboxylic acids is 2. The van der Waals surface area contributed by atoms with E-state index in [9.17, 15) is 24.6 Å². The lowest BCUT2D eigenvalue weighted by Crippen LogP contribution is -2.52. The van der Waals surface area contributed by atoms with Gasteiger partial charge in [0.15, 0.2) is 0 Å². The molecule has 0 saturated carbocycles. The number of H-pyrrole nitrogens is 1. The van der Waals surface area contributed by atoms with Crippen LogP contribution in [0.4, 0.5) is 9.18 Å². The van der Waals surface area contributed by atoms with E-state index >= 15 is 4.39 Å². The number of alkyl carbamates (subject to hydrolysis) is 1. The Hall–Kier alpha value is -6.54. The molecule has 6 aromatic rings. The van der Waals surface area contributed by atoms with Crippen molar-refractivity contribution in [1.29, 1.82) is 0 Å². The highest BCUT2D eigenvalue weighted by atomic mass is 19.1. The van der Waals surface area contributed by atoms with Crippen LogP contribution in [0, 0.1) is 11.7 Å². The van der Waals surface area contributed by atoms with Gasteiger partial charge in [0.1, 0.15) is 36.6 Å². The van der Waals surface area contributed by atoms with Gasteiger partial charge in [-0.25, -0.2) is 14.0 Å². The molecule has 0 radical (unpaired) electrons. The van der Waals surface area contributed by atoms with Crippen LogP contribution >= 0.6 is 0 Å². The van der Waals surface area contributed by atoms with Crippen molar-refractivity contribution in [2.75, 3.05) is 32.7 Å². The molecule has 4 heterocycles. The first-order valence-corrected chi connectivity index (χ1v) is 20.9. The molecule has 2 bridgehead atoms. The van der Waals surface area contributed by atoms with Crippen LogP contribution in [0.25, 0.3) is 10.9 Å².